The van der Waals surface area contributed by atoms with E-state index in [2.05, 4.69) is 10.1 Å². The molecule has 0 saturated heterocycles. The predicted octanol–water partition coefficient (Wildman–Crippen LogP) is 1.35. The van der Waals surface area contributed by atoms with E-state index >= 15 is 0 Å². The summed E-state index contributed by atoms with van der Waals surface area (Å²) in [7, 11) is 1.61. The minimum atomic E-state index is -0.185. The summed E-state index contributed by atoms with van der Waals surface area (Å²) in [6, 6.07) is 2.33. The van der Waals surface area contributed by atoms with Gasteiger partial charge in [0, 0.05) is 25.8 Å². The summed E-state index contributed by atoms with van der Waals surface area (Å²) in [5.74, 6) is 0.513. The molecule has 2 rings (SSSR count). The lowest BCUT2D eigenvalue weighted by atomic mass is 10.3. The number of carbonyl (C=O) groups excluding carboxylic acids is 1. The molecule has 19 heavy (non-hydrogen) atoms. The number of aromatic nitrogens is 1. The maximum atomic E-state index is 11.6. The average molecular weight is 268 g/mol. The van der Waals surface area contributed by atoms with E-state index in [9.17, 15) is 4.79 Å². The van der Waals surface area contributed by atoms with Gasteiger partial charge in [0.15, 0.2) is 5.76 Å². The van der Waals surface area contributed by atoms with Crippen LogP contribution in [0.5, 0.6) is 0 Å². The first-order valence-corrected chi connectivity index (χ1v) is 6.56. The molecule has 6 nitrogen and oxygen atoms in total. The Labute approximate surface area is 112 Å². The molecule has 0 unspecified atom stereocenters. The van der Waals surface area contributed by atoms with Crippen LogP contribution in [0, 0.1) is 0 Å². The average Bonchev–Trinajstić information content (AvgIpc) is 3.12. The minimum absolute atomic E-state index is 0.185. The Balaban J connectivity index is 1.90. The van der Waals surface area contributed by atoms with Gasteiger partial charge in [-0.25, -0.2) is 0 Å². The standard InChI is InChI=1S/C13H20N2O4/c1-3-18-13(16)8-15(11-4-5-11)7-10-6-12(9-17-2)19-14-10/h6,11H,3-5,7-9H2,1-2H3. The van der Waals surface area contributed by atoms with Crippen molar-refractivity contribution < 1.29 is 18.8 Å². The van der Waals surface area contributed by atoms with Crippen LogP contribution < -0.4 is 0 Å². The summed E-state index contributed by atoms with van der Waals surface area (Å²) in [5.41, 5.74) is 0.822. The predicted molar refractivity (Wildman–Crippen MR) is 67.3 cm³/mol. The summed E-state index contributed by atoms with van der Waals surface area (Å²) in [6.07, 6.45) is 2.25. The topological polar surface area (TPSA) is 64.8 Å². The van der Waals surface area contributed by atoms with Crippen LogP contribution in [0.4, 0.5) is 0 Å². The Bertz CT molecular complexity index is 415. The van der Waals surface area contributed by atoms with E-state index in [-0.39, 0.29) is 5.97 Å². The van der Waals surface area contributed by atoms with E-state index in [1.807, 2.05) is 13.0 Å². The summed E-state index contributed by atoms with van der Waals surface area (Å²) in [6.45, 7) is 3.56. The molecular formula is C13H20N2O4. The molecule has 1 heterocycles. The van der Waals surface area contributed by atoms with Crippen LogP contribution in [-0.4, -0.2) is 42.3 Å². The molecule has 0 amide bonds. The summed E-state index contributed by atoms with van der Waals surface area (Å²) < 4.78 is 15.1. The van der Waals surface area contributed by atoms with Crippen LogP contribution in [0.2, 0.25) is 0 Å². The Morgan fingerprint density at radius 1 is 1.58 bits per heavy atom. The van der Waals surface area contributed by atoms with E-state index in [1.165, 1.54) is 0 Å². The van der Waals surface area contributed by atoms with E-state index < -0.39 is 0 Å². The molecule has 1 fully saturated rings. The molecule has 1 aromatic rings. The molecule has 1 aliphatic carbocycles. The van der Waals surface area contributed by atoms with Gasteiger partial charge < -0.3 is 14.0 Å². The number of hydrogen-bond donors (Lipinski definition) is 0. The molecule has 1 aliphatic rings. The van der Waals surface area contributed by atoms with Gasteiger partial charge in [0.25, 0.3) is 0 Å². The fourth-order valence-electron chi connectivity index (χ4n) is 1.97. The largest absolute Gasteiger partial charge is 0.465 e. The molecule has 0 spiro atoms. The zero-order valence-corrected chi connectivity index (χ0v) is 11.4. The van der Waals surface area contributed by atoms with Crippen LogP contribution in [0.25, 0.3) is 0 Å². The second-order valence-corrected chi connectivity index (χ2v) is 4.66. The third-order valence-electron chi connectivity index (χ3n) is 2.96. The van der Waals surface area contributed by atoms with Gasteiger partial charge in [-0.15, -0.1) is 0 Å². The molecular weight excluding hydrogens is 248 g/mol. The normalized spacial score (nSPS) is 14.9. The highest BCUT2D eigenvalue weighted by atomic mass is 16.5. The van der Waals surface area contributed by atoms with Crippen molar-refractivity contribution in [2.24, 2.45) is 0 Å². The quantitative estimate of drug-likeness (QED) is 0.663. The number of carbonyl (C=O) groups is 1. The minimum Gasteiger partial charge on any atom is -0.465 e. The third-order valence-corrected chi connectivity index (χ3v) is 2.96. The molecule has 6 heteroatoms. The number of methoxy groups -OCH3 is 1. The fraction of sp³-hybridized carbons (Fsp3) is 0.692. The maximum Gasteiger partial charge on any atom is 0.320 e. The first-order chi connectivity index (χ1) is 9.22. The van der Waals surface area contributed by atoms with E-state index in [1.54, 1.807) is 7.11 Å². The van der Waals surface area contributed by atoms with Gasteiger partial charge in [0.2, 0.25) is 0 Å². The number of nitrogens with zero attached hydrogens (tertiary/aromatic N) is 2. The number of esters is 1. The van der Waals surface area contributed by atoms with Crippen LogP contribution in [0.1, 0.15) is 31.2 Å². The Kier molecular flexibility index (Phi) is 4.93. The molecule has 0 N–H and O–H groups in total. The van der Waals surface area contributed by atoms with E-state index in [4.69, 9.17) is 14.0 Å². The van der Waals surface area contributed by atoms with Crippen LogP contribution >= 0.6 is 0 Å². The lowest BCUT2D eigenvalue weighted by Crippen LogP contribution is -2.32. The second-order valence-electron chi connectivity index (χ2n) is 4.66. The number of hydrogen-bond acceptors (Lipinski definition) is 6. The van der Waals surface area contributed by atoms with Gasteiger partial charge in [0.05, 0.1) is 18.8 Å². The maximum absolute atomic E-state index is 11.6. The highest BCUT2D eigenvalue weighted by Crippen LogP contribution is 2.28. The van der Waals surface area contributed by atoms with Crippen molar-refractivity contribution in [3.05, 3.63) is 17.5 Å². The van der Waals surface area contributed by atoms with Gasteiger partial charge in [-0.1, -0.05) is 5.16 Å². The molecule has 1 aromatic heterocycles. The molecule has 0 radical (unpaired) electrons. The molecule has 106 valence electrons. The SMILES string of the molecule is CCOC(=O)CN(Cc1cc(COC)on1)C1CC1. The first kappa shape index (κ1) is 14.0. The van der Waals surface area contributed by atoms with Crippen molar-refractivity contribution in [1.82, 2.24) is 10.1 Å². The van der Waals surface area contributed by atoms with Crippen molar-refractivity contribution in [2.75, 3.05) is 20.3 Å². The smallest absolute Gasteiger partial charge is 0.320 e. The molecule has 0 aliphatic heterocycles. The molecule has 0 atom stereocenters. The van der Waals surface area contributed by atoms with Crippen LogP contribution in [0.3, 0.4) is 0 Å². The number of ether oxygens (including phenoxy) is 2. The number of rotatable bonds is 8. The summed E-state index contributed by atoms with van der Waals surface area (Å²) in [4.78, 5) is 13.6. The van der Waals surface area contributed by atoms with Crippen molar-refractivity contribution in [3.8, 4) is 0 Å². The Hall–Kier alpha value is -1.40. The molecule has 1 saturated carbocycles. The Morgan fingerprint density at radius 2 is 2.37 bits per heavy atom. The first-order valence-electron chi connectivity index (χ1n) is 6.56. The van der Waals surface area contributed by atoms with Crippen molar-refractivity contribution >= 4 is 5.97 Å². The van der Waals surface area contributed by atoms with Crippen molar-refractivity contribution in [3.63, 3.8) is 0 Å². The van der Waals surface area contributed by atoms with E-state index in [0.29, 0.717) is 38.1 Å². The van der Waals surface area contributed by atoms with Gasteiger partial charge >= 0.3 is 5.97 Å². The monoisotopic (exact) mass is 268 g/mol. The Morgan fingerprint density at radius 3 is 3.00 bits per heavy atom. The van der Waals surface area contributed by atoms with Gasteiger partial charge in [-0.2, -0.15) is 0 Å². The van der Waals surface area contributed by atoms with Crippen molar-refractivity contribution in [2.45, 2.75) is 39.0 Å². The zero-order chi connectivity index (χ0) is 13.7. The molecule has 0 aromatic carbocycles. The second kappa shape index (κ2) is 6.68. The summed E-state index contributed by atoms with van der Waals surface area (Å²) >= 11 is 0. The highest BCUT2D eigenvalue weighted by molar-refractivity contribution is 5.71. The van der Waals surface area contributed by atoms with Gasteiger partial charge in [-0.3, -0.25) is 9.69 Å². The van der Waals surface area contributed by atoms with E-state index in [0.717, 1.165) is 18.5 Å². The zero-order valence-electron chi connectivity index (χ0n) is 11.4. The molecule has 0 bridgehead atoms. The summed E-state index contributed by atoms with van der Waals surface area (Å²) in [5, 5.41) is 3.99. The van der Waals surface area contributed by atoms with Gasteiger partial charge in [-0.05, 0) is 19.8 Å². The fourth-order valence-corrected chi connectivity index (χ4v) is 1.97. The lowest BCUT2D eigenvalue weighted by Gasteiger charge is -2.19. The highest BCUT2D eigenvalue weighted by Gasteiger charge is 2.31. The van der Waals surface area contributed by atoms with Crippen molar-refractivity contribution in [1.29, 1.82) is 0 Å². The van der Waals surface area contributed by atoms with Crippen LogP contribution in [-0.2, 0) is 27.4 Å². The van der Waals surface area contributed by atoms with Gasteiger partial charge in [0.1, 0.15) is 6.61 Å². The van der Waals surface area contributed by atoms with Crippen LogP contribution in [0.15, 0.2) is 10.6 Å². The third kappa shape index (κ3) is 4.33. The lowest BCUT2D eigenvalue weighted by molar-refractivity contribution is -0.144.